The van der Waals surface area contributed by atoms with Gasteiger partial charge in [0.15, 0.2) is 11.5 Å². The molecule has 0 aromatic carbocycles. The molecule has 10 heteroatoms. The number of anilines is 1. The van der Waals surface area contributed by atoms with Gasteiger partial charge in [0.05, 0.1) is 19.9 Å². The molecule has 2 N–H and O–H groups in total. The van der Waals surface area contributed by atoms with E-state index in [0.717, 1.165) is 45.6 Å². The Labute approximate surface area is 175 Å². The molecule has 162 valence electrons. The summed E-state index contributed by atoms with van der Waals surface area (Å²) in [6.45, 7) is 8.62. The lowest BCUT2D eigenvalue weighted by atomic mass is 9.78. The van der Waals surface area contributed by atoms with Gasteiger partial charge in [-0.05, 0) is 45.4 Å². The van der Waals surface area contributed by atoms with E-state index in [2.05, 4.69) is 19.6 Å². The van der Waals surface area contributed by atoms with Crippen LogP contribution in [0.15, 0.2) is 6.20 Å². The van der Waals surface area contributed by atoms with Crippen molar-refractivity contribution in [1.82, 2.24) is 9.97 Å². The lowest BCUT2D eigenvalue weighted by molar-refractivity contribution is 0.0586. The number of nitrogens with two attached hydrogens (primary N) is 1. The van der Waals surface area contributed by atoms with E-state index < -0.39 is 17.7 Å². The van der Waals surface area contributed by atoms with E-state index in [0.29, 0.717) is 11.2 Å². The van der Waals surface area contributed by atoms with Gasteiger partial charge in [-0.1, -0.05) is 11.6 Å². The zero-order valence-corrected chi connectivity index (χ0v) is 18.1. The molecule has 0 atom stereocenters. The van der Waals surface area contributed by atoms with Gasteiger partial charge in [0.1, 0.15) is 10.8 Å². The van der Waals surface area contributed by atoms with Crippen LogP contribution < -0.4 is 10.6 Å². The van der Waals surface area contributed by atoms with Crippen molar-refractivity contribution < 1.29 is 23.8 Å². The van der Waals surface area contributed by atoms with Crippen molar-refractivity contribution in [3.63, 3.8) is 0 Å². The van der Waals surface area contributed by atoms with Gasteiger partial charge in [0, 0.05) is 19.7 Å². The second-order valence-corrected chi connectivity index (χ2v) is 8.57. The van der Waals surface area contributed by atoms with Crippen molar-refractivity contribution in [3.05, 3.63) is 17.0 Å². The number of hydrogen-bond acceptors (Lipinski definition) is 8. The van der Waals surface area contributed by atoms with Crippen LogP contribution in [0.3, 0.4) is 0 Å². The number of piperidine rings is 1. The minimum atomic E-state index is -0.725. The van der Waals surface area contributed by atoms with Crippen molar-refractivity contribution >= 4 is 29.5 Å². The Morgan fingerprint density at radius 2 is 1.93 bits per heavy atom. The summed E-state index contributed by atoms with van der Waals surface area (Å²) in [5.41, 5.74) is 4.79. The topological polar surface area (TPSA) is 117 Å². The number of nitrogens with zero attached hydrogens (tertiary/aromatic N) is 3. The van der Waals surface area contributed by atoms with E-state index in [1.54, 1.807) is 20.8 Å². The fraction of sp³-hybridized carbons (Fsp3) is 0.684. The second-order valence-electron chi connectivity index (χ2n) is 8.18. The third kappa shape index (κ3) is 6.71. The normalized spacial score (nSPS) is 18.0. The fourth-order valence-corrected chi connectivity index (χ4v) is 3.49. The number of methoxy groups -OCH3 is 1. The molecule has 1 aromatic heterocycles. The zero-order chi connectivity index (χ0) is 21.7. The van der Waals surface area contributed by atoms with Gasteiger partial charge < -0.3 is 24.8 Å². The Hall–Kier alpha value is -2.13. The first-order valence-electron chi connectivity index (χ1n) is 9.47. The predicted molar refractivity (Wildman–Crippen MR) is 108 cm³/mol. The molecular weight excluding hydrogens is 400 g/mol. The number of esters is 1. The first-order chi connectivity index (χ1) is 13.6. The van der Waals surface area contributed by atoms with Crippen LogP contribution >= 0.6 is 11.6 Å². The summed E-state index contributed by atoms with van der Waals surface area (Å²) in [6, 6.07) is 0. The highest BCUT2D eigenvalue weighted by Gasteiger charge is 2.39. The molecule has 1 aromatic rings. The molecule has 0 unspecified atom stereocenters. The van der Waals surface area contributed by atoms with Crippen molar-refractivity contribution in [1.29, 1.82) is 0 Å². The number of aromatic nitrogens is 2. The molecule has 0 saturated carbocycles. The number of ether oxygens (including phenoxy) is 3. The first kappa shape index (κ1) is 23.2. The quantitative estimate of drug-likeness (QED) is 0.714. The molecule has 2 aliphatic heterocycles. The molecule has 9 nitrogen and oxygen atoms in total. The molecule has 3 heterocycles. The van der Waals surface area contributed by atoms with Crippen LogP contribution in [-0.2, 0) is 14.2 Å². The Balaban J connectivity index is 0.000000321. The Bertz CT molecular complexity index is 722. The molecule has 1 amide bonds. The third-order valence-electron chi connectivity index (χ3n) is 4.82. The molecule has 2 saturated heterocycles. The van der Waals surface area contributed by atoms with Crippen LogP contribution in [0.25, 0.3) is 0 Å². The number of carbonyl (C=O) groups excluding carboxylic acids is 2. The van der Waals surface area contributed by atoms with Gasteiger partial charge in [-0.3, -0.25) is 0 Å². The van der Waals surface area contributed by atoms with Crippen molar-refractivity contribution in [2.24, 2.45) is 11.1 Å². The van der Waals surface area contributed by atoms with Gasteiger partial charge in [-0.25, -0.2) is 19.6 Å². The SMILES string of the molecule is CC(C)(C)OC(N)=O.COC(=O)c1ncc(Cl)nc1N1CCC2(CCOC2)CC1. The molecule has 0 bridgehead atoms. The summed E-state index contributed by atoms with van der Waals surface area (Å²) in [7, 11) is 1.34. The fourth-order valence-electron chi connectivity index (χ4n) is 3.36. The van der Waals surface area contributed by atoms with Gasteiger partial charge in [0.25, 0.3) is 0 Å². The molecule has 29 heavy (non-hydrogen) atoms. The Morgan fingerprint density at radius 3 is 2.38 bits per heavy atom. The maximum atomic E-state index is 11.8. The first-order valence-corrected chi connectivity index (χ1v) is 9.85. The van der Waals surface area contributed by atoms with Gasteiger partial charge in [-0.2, -0.15) is 0 Å². The highest BCUT2D eigenvalue weighted by atomic mass is 35.5. The predicted octanol–water partition coefficient (Wildman–Crippen LogP) is 2.80. The molecule has 0 radical (unpaired) electrons. The maximum absolute atomic E-state index is 11.8. The van der Waals surface area contributed by atoms with E-state index >= 15 is 0 Å². The van der Waals surface area contributed by atoms with Gasteiger partial charge in [0.2, 0.25) is 0 Å². The van der Waals surface area contributed by atoms with Crippen LogP contribution in [0.4, 0.5) is 10.6 Å². The van der Waals surface area contributed by atoms with E-state index in [1.165, 1.54) is 13.3 Å². The third-order valence-corrected chi connectivity index (χ3v) is 5.00. The molecule has 2 aliphatic rings. The van der Waals surface area contributed by atoms with Crippen LogP contribution in [0.5, 0.6) is 0 Å². The maximum Gasteiger partial charge on any atom is 0.405 e. The van der Waals surface area contributed by atoms with E-state index in [-0.39, 0.29) is 10.8 Å². The zero-order valence-electron chi connectivity index (χ0n) is 17.4. The standard InChI is InChI=1S/C14H18ClN3O3.C5H11NO2/c1-20-13(19)11-12(17-10(15)8-16-11)18-5-2-14(3-6-18)4-7-21-9-14;1-5(2,3)8-4(6)7/h8H,2-7,9H2,1H3;1-3H3,(H2,6,7). The molecule has 0 aliphatic carbocycles. The number of rotatable bonds is 2. The van der Waals surface area contributed by atoms with Crippen LogP contribution in [0.2, 0.25) is 5.15 Å². The minimum Gasteiger partial charge on any atom is -0.464 e. The average molecular weight is 429 g/mol. The smallest absolute Gasteiger partial charge is 0.405 e. The average Bonchev–Trinajstić information content (AvgIpc) is 3.08. The summed E-state index contributed by atoms with van der Waals surface area (Å²) in [4.78, 5) is 32.3. The summed E-state index contributed by atoms with van der Waals surface area (Å²) < 4.78 is 14.9. The minimum absolute atomic E-state index is 0.223. The number of carbonyl (C=O) groups is 2. The Kier molecular flexibility index (Phi) is 7.65. The molecular formula is C19H29ClN4O5. The van der Waals surface area contributed by atoms with Crippen LogP contribution in [0, 0.1) is 5.41 Å². The van der Waals surface area contributed by atoms with Gasteiger partial charge >= 0.3 is 12.1 Å². The number of amides is 1. The summed E-state index contributed by atoms with van der Waals surface area (Å²) in [5, 5.41) is 0.280. The largest absolute Gasteiger partial charge is 0.464 e. The summed E-state index contributed by atoms with van der Waals surface area (Å²) in [6.07, 6.45) is 3.82. The summed E-state index contributed by atoms with van der Waals surface area (Å²) in [5.74, 6) is 0.0294. The van der Waals surface area contributed by atoms with Crippen molar-refractivity contribution in [2.75, 3.05) is 38.3 Å². The molecule has 1 spiro atoms. The lowest BCUT2D eigenvalue weighted by Crippen LogP contribution is -2.41. The van der Waals surface area contributed by atoms with E-state index in [9.17, 15) is 9.59 Å². The number of hydrogen-bond donors (Lipinski definition) is 1. The lowest BCUT2D eigenvalue weighted by Gasteiger charge is -2.39. The van der Waals surface area contributed by atoms with Crippen molar-refractivity contribution in [2.45, 2.75) is 45.6 Å². The van der Waals surface area contributed by atoms with E-state index in [4.69, 9.17) is 26.8 Å². The molecule has 2 fully saturated rings. The van der Waals surface area contributed by atoms with Gasteiger partial charge in [-0.15, -0.1) is 0 Å². The highest BCUT2D eigenvalue weighted by molar-refractivity contribution is 6.29. The number of halogens is 1. The molecule has 3 rings (SSSR count). The second kappa shape index (κ2) is 9.58. The van der Waals surface area contributed by atoms with Crippen LogP contribution in [-0.4, -0.2) is 61.0 Å². The Morgan fingerprint density at radius 1 is 1.28 bits per heavy atom. The van der Waals surface area contributed by atoms with Crippen molar-refractivity contribution in [3.8, 4) is 0 Å². The highest BCUT2D eigenvalue weighted by Crippen LogP contribution is 2.40. The van der Waals surface area contributed by atoms with Crippen LogP contribution in [0.1, 0.15) is 50.5 Å². The number of primary amides is 1. The summed E-state index contributed by atoms with van der Waals surface area (Å²) >= 11 is 5.93. The monoisotopic (exact) mass is 428 g/mol. The van der Waals surface area contributed by atoms with E-state index in [1.807, 2.05) is 0 Å².